The standard InChI is InChI=1S/C11H23N3O2/c1-8(11(12)13-16)7-14(2)9-5-3-4-6-10(9)15/h8-10,15-16H,3-7H2,1-2H3,(H2,12,13). The Morgan fingerprint density at radius 1 is 1.50 bits per heavy atom. The van der Waals surface area contributed by atoms with Crippen LogP contribution >= 0.6 is 0 Å². The smallest absolute Gasteiger partial charge is 0.143 e. The number of hydrogen-bond donors (Lipinski definition) is 3. The van der Waals surface area contributed by atoms with Gasteiger partial charge in [-0.25, -0.2) is 0 Å². The molecule has 0 aliphatic heterocycles. The highest BCUT2D eigenvalue weighted by Gasteiger charge is 2.27. The topological polar surface area (TPSA) is 82.1 Å². The predicted octanol–water partition coefficient (Wildman–Crippen LogP) is 0.604. The van der Waals surface area contributed by atoms with Crippen LogP contribution in [-0.2, 0) is 0 Å². The second-order valence-electron chi connectivity index (χ2n) is 4.78. The molecule has 0 radical (unpaired) electrons. The van der Waals surface area contributed by atoms with Crippen LogP contribution < -0.4 is 5.73 Å². The Bertz CT molecular complexity index is 245. The van der Waals surface area contributed by atoms with Crippen LogP contribution in [0.1, 0.15) is 32.6 Å². The molecule has 0 aromatic heterocycles. The van der Waals surface area contributed by atoms with Crippen molar-refractivity contribution in [3.63, 3.8) is 0 Å². The van der Waals surface area contributed by atoms with Crippen LogP contribution in [-0.4, -0.2) is 46.8 Å². The van der Waals surface area contributed by atoms with Crippen LogP contribution in [0.4, 0.5) is 0 Å². The summed E-state index contributed by atoms with van der Waals surface area (Å²) in [6, 6.07) is 0.211. The van der Waals surface area contributed by atoms with Crippen molar-refractivity contribution in [1.82, 2.24) is 4.90 Å². The van der Waals surface area contributed by atoms with Crippen molar-refractivity contribution in [2.45, 2.75) is 44.8 Å². The minimum absolute atomic E-state index is 0.00382. The van der Waals surface area contributed by atoms with Gasteiger partial charge in [0, 0.05) is 18.5 Å². The minimum Gasteiger partial charge on any atom is -0.409 e. The molecule has 5 nitrogen and oxygen atoms in total. The summed E-state index contributed by atoms with van der Waals surface area (Å²) in [7, 11) is 1.99. The van der Waals surface area contributed by atoms with Crippen LogP contribution in [0, 0.1) is 5.92 Å². The van der Waals surface area contributed by atoms with Crippen molar-refractivity contribution in [1.29, 1.82) is 0 Å². The zero-order valence-corrected chi connectivity index (χ0v) is 10.1. The van der Waals surface area contributed by atoms with E-state index >= 15 is 0 Å². The Labute approximate surface area is 96.9 Å². The number of likely N-dealkylation sites (N-methyl/N-ethyl adjacent to an activating group) is 1. The fourth-order valence-corrected chi connectivity index (χ4v) is 2.37. The Morgan fingerprint density at radius 3 is 2.69 bits per heavy atom. The average Bonchev–Trinajstić information content (AvgIpc) is 2.28. The Morgan fingerprint density at radius 2 is 2.12 bits per heavy atom. The molecule has 5 heteroatoms. The van der Waals surface area contributed by atoms with E-state index in [1.54, 1.807) is 0 Å². The van der Waals surface area contributed by atoms with Crippen LogP contribution in [0.3, 0.4) is 0 Å². The highest BCUT2D eigenvalue weighted by atomic mass is 16.4. The molecule has 0 aromatic rings. The lowest BCUT2D eigenvalue weighted by molar-refractivity contribution is 0.0296. The van der Waals surface area contributed by atoms with E-state index in [-0.39, 0.29) is 23.9 Å². The van der Waals surface area contributed by atoms with Gasteiger partial charge >= 0.3 is 0 Å². The van der Waals surface area contributed by atoms with Crippen molar-refractivity contribution in [3.05, 3.63) is 0 Å². The lowest BCUT2D eigenvalue weighted by Crippen LogP contribution is -2.46. The molecule has 1 rings (SSSR count). The van der Waals surface area contributed by atoms with Gasteiger partial charge in [-0.15, -0.1) is 0 Å². The third-order valence-electron chi connectivity index (χ3n) is 3.44. The molecular weight excluding hydrogens is 206 g/mol. The lowest BCUT2D eigenvalue weighted by atomic mass is 9.91. The van der Waals surface area contributed by atoms with E-state index in [2.05, 4.69) is 10.1 Å². The molecule has 0 heterocycles. The number of nitrogens with two attached hydrogens (primary N) is 1. The number of aliphatic hydroxyl groups excluding tert-OH is 1. The van der Waals surface area contributed by atoms with Crippen molar-refractivity contribution < 1.29 is 10.3 Å². The molecule has 0 aromatic carbocycles. The molecule has 94 valence electrons. The summed E-state index contributed by atoms with van der Waals surface area (Å²) in [4.78, 5) is 2.12. The van der Waals surface area contributed by atoms with Crippen molar-refractivity contribution in [3.8, 4) is 0 Å². The van der Waals surface area contributed by atoms with Gasteiger partial charge in [-0.05, 0) is 19.9 Å². The maximum absolute atomic E-state index is 9.90. The highest BCUT2D eigenvalue weighted by molar-refractivity contribution is 5.82. The molecule has 16 heavy (non-hydrogen) atoms. The molecule has 1 saturated carbocycles. The molecule has 1 aliphatic carbocycles. The number of rotatable bonds is 4. The second-order valence-corrected chi connectivity index (χ2v) is 4.78. The molecular formula is C11H23N3O2. The molecule has 0 saturated heterocycles. The number of hydrogen-bond acceptors (Lipinski definition) is 4. The number of aliphatic hydroxyl groups is 1. The quantitative estimate of drug-likeness (QED) is 0.285. The zero-order valence-electron chi connectivity index (χ0n) is 10.1. The van der Waals surface area contributed by atoms with Gasteiger partial charge < -0.3 is 20.9 Å². The van der Waals surface area contributed by atoms with E-state index in [1.165, 1.54) is 6.42 Å². The van der Waals surface area contributed by atoms with Gasteiger partial charge in [-0.1, -0.05) is 24.9 Å². The van der Waals surface area contributed by atoms with Gasteiger partial charge in [-0.3, -0.25) is 0 Å². The van der Waals surface area contributed by atoms with Crippen molar-refractivity contribution >= 4 is 5.84 Å². The summed E-state index contributed by atoms with van der Waals surface area (Å²) in [5, 5.41) is 21.5. The zero-order chi connectivity index (χ0) is 12.1. The lowest BCUT2D eigenvalue weighted by Gasteiger charge is -2.36. The van der Waals surface area contributed by atoms with Crippen LogP contribution in [0.15, 0.2) is 5.16 Å². The molecule has 1 fully saturated rings. The van der Waals surface area contributed by atoms with Crippen LogP contribution in [0.2, 0.25) is 0 Å². The fourth-order valence-electron chi connectivity index (χ4n) is 2.37. The van der Waals surface area contributed by atoms with Crippen LogP contribution in [0.25, 0.3) is 0 Å². The molecule has 3 unspecified atom stereocenters. The largest absolute Gasteiger partial charge is 0.409 e. The maximum Gasteiger partial charge on any atom is 0.143 e. The Kier molecular flexibility index (Phi) is 5.02. The van der Waals surface area contributed by atoms with Gasteiger partial charge in [0.15, 0.2) is 0 Å². The molecule has 1 aliphatic rings. The number of amidine groups is 1. The second kappa shape index (κ2) is 6.06. The first-order valence-corrected chi connectivity index (χ1v) is 5.92. The number of nitrogens with zero attached hydrogens (tertiary/aromatic N) is 2. The molecule has 0 spiro atoms. The maximum atomic E-state index is 9.90. The summed E-state index contributed by atoms with van der Waals surface area (Å²) >= 11 is 0. The third-order valence-corrected chi connectivity index (χ3v) is 3.44. The van der Waals surface area contributed by atoms with E-state index in [1.807, 2.05) is 14.0 Å². The Hall–Kier alpha value is -0.810. The first-order chi connectivity index (χ1) is 7.56. The summed E-state index contributed by atoms with van der Waals surface area (Å²) in [5.41, 5.74) is 5.54. The van der Waals surface area contributed by atoms with Gasteiger partial charge in [-0.2, -0.15) is 0 Å². The van der Waals surface area contributed by atoms with E-state index < -0.39 is 0 Å². The molecule has 0 bridgehead atoms. The molecule has 4 N–H and O–H groups in total. The first-order valence-electron chi connectivity index (χ1n) is 5.92. The van der Waals surface area contributed by atoms with Crippen LogP contribution in [0.5, 0.6) is 0 Å². The summed E-state index contributed by atoms with van der Waals surface area (Å²) in [6.07, 6.45) is 3.96. The monoisotopic (exact) mass is 229 g/mol. The summed E-state index contributed by atoms with van der Waals surface area (Å²) in [5.74, 6) is 0.251. The fraction of sp³-hybridized carbons (Fsp3) is 0.909. The van der Waals surface area contributed by atoms with Crippen molar-refractivity contribution in [2.24, 2.45) is 16.8 Å². The normalized spacial score (nSPS) is 29.4. The van der Waals surface area contributed by atoms with E-state index in [9.17, 15) is 5.11 Å². The number of oxime groups is 1. The van der Waals surface area contributed by atoms with Gasteiger partial charge in [0.2, 0.25) is 0 Å². The Balaban J connectivity index is 2.47. The highest BCUT2D eigenvalue weighted by Crippen LogP contribution is 2.22. The predicted molar refractivity (Wildman–Crippen MR) is 63.5 cm³/mol. The SMILES string of the molecule is CC(CN(C)C1CCCCC1O)C(N)=NO. The molecule has 0 amide bonds. The third kappa shape index (κ3) is 3.35. The first kappa shape index (κ1) is 13.3. The molecule has 3 atom stereocenters. The van der Waals surface area contributed by atoms with E-state index in [0.717, 1.165) is 19.3 Å². The van der Waals surface area contributed by atoms with Gasteiger partial charge in [0.05, 0.1) is 6.10 Å². The van der Waals surface area contributed by atoms with Gasteiger partial charge in [0.25, 0.3) is 0 Å². The van der Waals surface area contributed by atoms with Crippen molar-refractivity contribution in [2.75, 3.05) is 13.6 Å². The summed E-state index contributed by atoms with van der Waals surface area (Å²) in [6.45, 7) is 2.62. The average molecular weight is 229 g/mol. The van der Waals surface area contributed by atoms with E-state index in [0.29, 0.717) is 6.54 Å². The summed E-state index contributed by atoms with van der Waals surface area (Å²) < 4.78 is 0. The minimum atomic E-state index is -0.238. The van der Waals surface area contributed by atoms with E-state index in [4.69, 9.17) is 10.9 Å². The van der Waals surface area contributed by atoms with Gasteiger partial charge in [0.1, 0.15) is 5.84 Å².